The number of fused-ring (bicyclic) bond motifs is 6. The first kappa shape index (κ1) is 61.5. The number of anilines is 1. The predicted molar refractivity (Wildman–Crippen MR) is 325 cm³/mol. The molecule has 2 N–H and O–H groups in total. The lowest BCUT2D eigenvalue weighted by Crippen LogP contribution is -2.46. The largest absolute Gasteiger partial charge is 0.500 e. The van der Waals surface area contributed by atoms with Crippen molar-refractivity contribution in [2.24, 2.45) is 0 Å². The average molecular weight is 1140 g/mol. The minimum Gasteiger partial charge on any atom is -0.448 e. The van der Waals surface area contributed by atoms with Crippen LogP contribution in [0, 0.1) is 0 Å². The highest BCUT2D eigenvalue weighted by Crippen LogP contribution is 2.51. The maximum Gasteiger partial charge on any atom is 0.500 e. The number of ether oxygens (including phenoxy) is 2. The Labute approximate surface area is 478 Å². The van der Waals surface area contributed by atoms with E-state index in [2.05, 4.69) is 152 Å². The topological polar surface area (TPSA) is 129 Å². The first-order chi connectivity index (χ1) is 38.1. The van der Waals surface area contributed by atoms with Crippen LogP contribution in [0.2, 0.25) is 18.1 Å². The zero-order valence-electron chi connectivity index (χ0n) is 48.8. The Bertz CT molecular complexity index is 2880. The van der Waals surface area contributed by atoms with Crippen molar-refractivity contribution >= 4 is 79.8 Å². The first-order valence-corrected chi connectivity index (χ1v) is 33.6. The zero-order valence-corrected chi connectivity index (χ0v) is 51.6. The molecule has 0 bridgehead atoms. The maximum atomic E-state index is 13.1. The van der Waals surface area contributed by atoms with Gasteiger partial charge in [-0.3, -0.25) is 0 Å². The van der Waals surface area contributed by atoms with E-state index in [1.54, 1.807) is 0 Å². The first-order valence-electron chi connectivity index (χ1n) is 29.1. The highest BCUT2D eigenvalue weighted by atomic mass is 35.5. The van der Waals surface area contributed by atoms with E-state index in [4.69, 9.17) is 43.2 Å². The Morgan fingerprint density at radius 3 is 1.86 bits per heavy atom. The molecule has 16 heteroatoms. The van der Waals surface area contributed by atoms with E-state index in [-0.39, 0.29) is 24.0 Å². The van der Waals surface area contributed by atoms with Gasteiger partial charge in [0.25, 0.3) is 0 Å². The number of nitrogens with zero attached hydrogens (tertiary/aromatic N) is 2. The molecule has 428 valence electrons. The van der Waals surface area contributed by atoms with E-state index in [1.165, 1.54) is 32.7 Å². The molecular formula is C63H88ClN4O9Si2+. The van der Waals surface area contributed by atoms with Gasteiger partial charge in [-0.1, -0.05) is 106 Å². The van der Waals surface area contributed by atoms with Gasteiger partial charge >= 0.3 is 29.6 Å². The lowest BCUT2D eigenvalue weighted by Gasteiger charge is -2.30. The normalized spacial score (nSPS) is 17.2. The predicted octanol–water partition coefficient (Wildman–Crippen LogP) is 14.4. The van der Waals surface area contributed by atoms with Gasteiger partial charge in [0.05, 0.1) is 12.0 Å². The van der Waals surface area contributed by atoms with Gasteiger partial charge in [-0.15, -0.1) is 0 Å². The number of benzene rings is 4. The molecule has 2 amide bonds. The van der Waals surface area contributed by atoms with Crippen molar-refractivity contribution < 1.29 is 45.8 Å². The summed E-state index contributed by atoms with van der Waals surface area (Å²) < 4.78 is 44.5. The second kappa shape index (κ2) is 28.5. The number of hydrogen-bond acceptors (Lipinski definition) is 10. The van der Waals surface area contributed by atoms with Crippen LogP contribution in [0.4, 0.5) is 21.0 Å². The Kier molecular flexibility index (Phi) is 22.2. The number of halogens is 1. The Balaban J connectivity index is 1.10. The van der Waals surface area contributed by atoms with E-state index in [9.17, 15) is 9.59 Å². The molecule has 2 aliphatic heterocycles. The third-order valence-electron chi connectivity index (χ3n) is 15.4. The Hall–Kier alpha value is -5.11. The van der Waals surface area contributed by atoms with Crippen molar-refractivity contribution in [3.8, 4) is 0 Å². The molecule has 2 heterocycles. The molecule has 0 aromatic heterocycles. The van der Waals surface area contributed by atoms with Gasteiger partial charge < -0.3 is 47.1 Å². The van der Waals surface area contributed by atoms with Crippen LogP contribution in [0.3, 0.4) is 0 Å². The van der Waals surface area contributed by atoms with Crippen LogP contribution < -0.4 is 15.5 Å². The second-order valence-electron chi connectivity index (χ2n) is 21.4. The van der Waals surface area contributed by atoms with Crippen molar-refractivity contribution in [3.05, 3.63) is 130 Å². The van der Waals surface area contributed by atoms with Crippen LogP contribution in [0.25, 0.3) is 21.5 Å². The fraction of sp³-hybridized carbons (Fsp3) is 0.508. The summed E-state index contributed by atoms with van der Waals surface area (Å²) in [6, 6.07) is 28.2. The summed E-state index contributed by atoms with van der Waals surface area (Å²) in [5.74, 6) is 0. The Morgan fingerprint density at radius 2 is 1.24 bits per heavy atom. The maximum absolute atomic E-state index is 13.1. The highest BCUT2D eigenvalue weighted by Gasteiger charge is 2.46. The van der Waals surface area contributed by atoms with Crippen molar-refractivity contribution in [3.63, 3.8) is 0 Å². The summed E-state index contributed by atoms with van der Waals surface area (Å²) in [5, 5.41) is 11.4. The van der Waals surface area contributed by atoms with Crippen molar-refractivity contribution in [1.82, 2.24) is 10.6 Å². The lowest BCUT2D eigenvalue weighted by molar-refractivity contribution is -0.440. The molecule has 7 rings (SSSR count). The van der Waals surface area contributed by atoms with E-state index >= 15 is 0 Å². The number of rotatable bonds is 29. The minimum atomic E-state index is -2.82. The number of allylic oxidation sites excluding steroid dienone is 8. The number of carbonyl (C=O) groups is 2. The third kappa shape index (κ3) is 14.5. The van der Waals surface area contributed by atoms with E-state index in [1.807, 2.05) is 34.6 Å². The molecule has 3 aliphatic rings. The van der Waals surface area contributed by atoms with Gasteiger partial charge in [-0.2, -0.15) is 4.58 Å². The molecule has 0 radical (unpaired) electrons. The quantitative estimate of drug-likeness (QED) is 0.0308. The monoisotopic (exact) mass is 1140 g/mol. The van der Waals surface area contributed by atoms with Crippen molar-refractivity contribution in [2.75, 3.05) is 77.3 Å². The number of nitrogens with one attached hydrogen (secondary N) is 2. The molecule has 0 atom stereocenters. The molecule has 0 saturated carbocycles. The van der Waals surface area contributed by atoms with E-state index in [0.29, 0.717) is 71.7 Å². The van der Waals surface area contributed by atoms with Crippen LogP contribution in [-0.2, 0) is 42.4 Å². The lowest BCUT2D eigenvalue weighted by atomic mass is 9.78. The summed E-state index contributed by atoms with van der Waals surface area (Å²) >= 11 is 7.49. The van der Waals surface area contributed by atoms with Crippen molar-refractivity contribution in [1.29, 1.82) is 0 Å². The number of carbonyl (C=O) groups excluding carboxylic acids is 2. The van der Waals surface area contributed by atoms with Gasteiger partial charge in [-0.25, -0.2) is 9.59 Å². The molecule has 4 aromatic rings. The molecule has 1 aliphatic carbocycles. The number of hydrogen-bond donors (Lipinski definition) is 2. The molecular weight excluding hydrogens is 1050 g/mol. The SMILES string of the molecule is CCC[Si](CCCNC(=O)OCCN1C(=CC=C2CCCC(C=CC3=[N+](CCOC(=O)NCCC[Si](OCC)(OCC)OCC)c4ccc5ccccc5c4C3(C)C)=C2Cl)C(C)(C)c2c1ccc1ccccc21)(OCC)OCC. The summed E-state index contributed by atoms with van der Waals surface area (Å²) in [7, 11) is -5.13. The second-order valence-corrected chi connectivity index (χ2v) is 27.9. The summed E-state index contributed by atoms with van der Waals surface area (Å²) in [4.78, 5) is 28.6. The molecule has 13 nitrogen and oxygen atoms in total. The molecule has 0 fully saturated rings. The van der Waals surface area contributed by atoms with Crippen LogP contribution in [-0.4, -0.2) is 112 Å². The number of amides is 2. The number of alkyl carbamates (subject to hydrolysis) is 2. The Morgan fingerprint density at radius 1 is 0.658 bits per heavy atom. The van der Waals surface area contributed by atoms with E-state index < -0.39 is 29.6 Å². The van der Waals surface area contributed by atoms with Crippen LogP contribution in [0.1, 0.15) is 119 Å². The molecule has 4 aromatic carbocycles. The van der Waals surface area contributed by atoms with Crippen LogP contribution in [0.5, 0.6) is 0 Å². The zero-order chi connectivity index (χ0) is 56.6. The standard InChI is InChI=1S/C63H87ClN4O9Si2/c1-11-44-78(73-12-2,74-13-3)45-22-38-65-60(69)71-42-40-67-53-34-30-47-24-17-19-28-51(47)57(53)62(7,8)55(67)36-32-49-26-21-27-50(59(49)64)33-37-56-63(9,10)58-52-29-20-18-25-48(52)31-35-54(58)68(56)41-43-72-61(70)66-39-23-46-79(75-14-4,76-15-5)77-16-6/h17-20,24-25,28-37H,11-16,21-23,26-27,38-46H2,1-10H3,(H-,65,66,69,70)/p+1. The van der Waals surface area contributed by atoms with E-state index in [0.717, 1.165) is 83.2 Å². The van der Waals surface area contributed by atoms with Gasteiger partial charge in [-0.05, 0) is 149 Å². The third-order valence-corrected chi connectivity index (χ3v) is 23.1. The average Bonchev–Trinajstić information content (AvgIpc) is 4.07. The van der Waals surface area contributed by atoms with Crippen molar-refractivity contribution in [2.45, 2.75) is 137 Å². The fourth-order valence-corrected chi connectivity index (χ4v) is 18.5. The molecule has 0 saturated heterocycles. The van der Waals surface area contributed by atoms with Gasteiger partial charge in [0.1, 0.15) is 6.61 Å². The summed E-state index contributed by atoms with van der Waals surface area (Å²) in [6.07, 6.45) is 13.0. The fourth-order valence-electron chi connectivity index (χ4n) is 12.1. The van der Waals surface area contributed by atoms with Crippen LogP contribution in [0.15, 0.2) is 119 Å². The molecule has 0 unspecified atom stereocenters. The minimum absolute atomic E-state index is 0.185. The smallest absolute Gasteiger partial charge is 0.448 e. The summed E-state index contributed by atoms with van der Waals surface area (Å²) in [5.41, 5.74) is 8.31. The van der Waals surface area contributed by atoms with Gasteiger partial charge in [0.15, 0.2) is 18.9 Å². The van der Waals surface area contributed by atoms with Crippen LogP contribution >= 0.6 is 11.6 Å². The van der Waals surface area contributed by atoms with Gasteiger partial charge in [0, 0.05) is 91.7 Å². The summed E-state index contributed by atoms with van der Waals surface area (Å²) in [6.45, 7) is 26.2. The molecule has 79 heavy (non-hydrogen) atoms. The highest BCUT2D eigenvalue weighted by molar-refractivity contribution is 6.67. The molecule has 0 spiro atoms. The van der Waals surface area contributed by atoms with Gasteiger partial charge in [0.2, 0.25) is 5.69 Å².